The minimum Gasteiger partial charge on any atom is -0.385 e. The molecule has 3 heteroatoms. The molecule has 0 bridgehead atoms. The minimum absolute atomic E-state index is 0.568. The quantitative estimate of drug-likeness (QED) is 0.842. The number of aromatic nitrogens is 1. The fraction of sp³-hybridized carbons (Fsp3) is 0.643. The second kappa shape index (κ2) is 5.15. The zero-order chi connectivity index (χ0) is 12.3. The van der Waals surface area contributed by atoms with Crippen LogP contribution in [-0.2, 0) is 5.60 Å². The fourth-order valence-electron chi connectivity index (χ4n) is 2.69. The van der Waals surface area contributed by atoms with E-state index in [1.54, 1.807) is 6.20 Å². The van der Waals surface area contributed by atoms with E-state index >= 15 is 0 Å². The normalized spacial score (nSPS) is 29.2. The van der Waals surface area contributed by atoms with Gasteiger partial charge in [-0.3, -0.25) is 4.98 Å². The van der Waals surface area contributed by atoms with Crippen molar-refractivity contribution in [1.29, 1.82) is 0 Å². The molecule has 0 amide bonds. The van der Waals surface area contributed by atoms with Crippen LogP contribution in [0.1, 0.15) is 43.7 Å². The van der Waals surface area contributed by atoms with Gasteiger partial charge in [0.1, 0.15) is 0 Å². The number of pyridine rings is 1. The lowest BCUT2D eigenvalue weighted by Gasteiger charge is -2.36. The van der Waals surface area contributed by atoms with Crippen LogP contribution < -0.4 is 5.32 Å². The predicted octanol–water partition coefficient (Wildman–Crippen LogP) is 2.13. The van der Waals surface area contributed by atoms with E-state index in [1.165, 1.54) is 0 Å². The van der Waals surface area contributed by atoms with Crippen molar-refractivity contribution in [2.75, 3.05) is 6.54 Å². The van der Waals surface area contributed by atoms with Crippen molar-refractivity contribution in [3.05, 3.63) is 29.6 Å². The van der Waals surface area contributed by atoms with Gasteiger partial charge in [0, 0.05) is 24.0 Å². The molecule has 0 radical (unpaired) electrons. The number of aliphatic hydroxyl groups is 1. The molecule has 0 aliphatic heterocycles. The van der Waals surface area contributed by atoms with Crippen molar-refractivity contribution >= 4 is 0 Å². The molecule has 2 N–H and O–H groups in total. The summed E-state index contributed by atoms with van der Waals surface area (Å²) in [7, 11) is 0. The number of nitrogens with one attached hydrogen (secondary N) is 1. The highest BCUT2D eigenvalue weighted by Crippen LogP contribution is 2.36. The van der Waals surface area contributed by atoms with Gasteiger partial charge >= 0.3 is 0 Å². The lowest BCUT2D eigenvalue weighted by molar-refractivity contribution is -0.00848. The number of aryl methyl sites for hydroxylation is 1. The van der Waals surface area contributed by atoms with Gasteiger partial charge in [-0.15, -0.1) is 0 Å². The third-order valence-corrected chi connectivity index (χ3v) is 3.72. The van der Waals surface area contributed by atoms with Crippen molar-refractivity contribution in [1.82, 2.24) is 10.3 Å². The summed E-state index contributed by atoms with van der Waals surface area (Å²) < 4.78 is 0. The number of hydrogen-bond acceptors (Lipinski definition) is 3. The standard InChI is InChI=1S/C14H22N2O/c1-3-16-13-4-6-14(17,7-5-13)12-8-11(2)9-15-10-12/h8-10,13,16-17H,3-7H2,1-2H3. The molecule has 1 aromatic heterocycles. The highest BCUT2D eigenvalue weighted by atomic mass is 16.3. The Hall–Kier alpha value is -0.930. The Morgan fingerprint density at radius 3 is 2.71 bits per heavy atom. The van der Waals surface area contributed by atoms with E-state index in [0.717, 1.165) is 43.4 Å². The van der Waals surface area contributed by atoms with Gasteiger partial charge in [0.25, 0.3) is 0 Å². The Morgan fingerprint density at radius 2 is 2.12 bits per heavy atom. The van der Waals surface area contributed by atoms with Gasteiger partial charge in [-0.25, -0.2) is 0 Å². The average molecular weight is 234 g/mol. The molecule has 94 valence electrons. The second-order valence-electron chi connectivity index (χ2n) is 5.11. The fourth-order valence-corrected chi connectivity index (χ4v) is 2.69. The zero-order valence-electron chi connectivity index (χ0n) is 10.7. The molecule has 1 aromatic rings. The summed E-state index contributed by atoms with van der Waals surface area (Å²) >= 11 is 0. The molecule has 3 nitrogen and oxygen atoms in total. The molecule has 17 heavy (non-hydrogen) atoms. The first-order valence-electron chi connectivity index (χ1n) is 6.52. The first-order valence-corrected chi connectivity index (χ1v) is 6.52. The van der Waals surface area contributed by atoms with Gasteiger partial charge in [0.2, 0.25) is 0 Å². The largest absolute Gasteiger partial charge is 0.385 e. The highest BCUT2D eigenvalue weighted by Gasteiger charge is 2.34. The Kier molecular flexibility index (Phi) is 3.79. The first-order chi connectivity index (χ1) is 8.14. The number of nitrogens with zero attached hydrogens (tertiary/aromatic N) is 1. The van der Waals surface area contributed by atoms with Crippen LogP contribution in [-0.4, -0.2) is 22.7 Å². The lowest BCUT2D eigenvalue weighted by Crippen LogP contribution is -2.39. The second-order valence-corrected chi connectivity index (χ2v) is 5.11. The number of rotatable bonds is 3. The van der Waals surface area contributed by atoms with Crippen LogP contribution >= 0.6 is 0 Å². The van der Waals surface area contributed by atoms with Gasteiger partial charge in [-0.05, 0) is 44.7 Å². The molecule has 0 unspecified atom stereocenters. The average Bonchev–Trinajstić information content (AvgIpc) is 2.33. The van der Waals surface area contributed by atoms with Crippen molar-refractivity contribution < 1.29 is 5.11 Å². The van der Waals surface area contributed by atoms with Crippen LogP contribution in [0.25, 0.3) is 0 Å². The van der Waals surface area contributed by atoms with Gasteiger partial charge in [0.05, 0.1) is 5.60 Å². The molecule has 1 heterocycles. The van der Waals surface area contributed by atoms with Gasteiger partial charge < -0.3 is 10.4 Å². The summed E-state index contributed by atoms with van der Waals surface area (Å²) in [4.78, 5) is 4.18. The molecule has 0 aromatic carbocycles. The van der Waals surface area contributed by atoms with Crippen LogP contribution in [0.4, 0.5) is 0 Å². The maximum absolute atomic E-state index is 10.7. The van der Waals surface area contributed by atoms with Crippen LogP contribution in [0.15, 0.2) is 18.5 Å². The molecule has 2 rings (SSSR count). The Morgan fingerprint density at radius 1 is 1.41 bits per heavy atom. The smallest absolute Gasteiger partial charge is 0.0912 e. The van der Waals surface area contributed by atoms with Crippen molar-refractivity contribution in [3.63, 3.8) is 0 Å². The highest BCUT2D eigenvalue weighted by molar-refractivity contribution is 5.23. The molecule has 1 aliphatic rings. The summed E-state index contributed by atoms with van der Waals surface area (Å²) in [5.74, 6) is 0. The summed E-state index contributed by atoms with van der Waals surface area (Å²) in [5.41, 5.74) is 1.43. The van der Waals surface area contributed by atoms with Crippen molar-refractivity contribution in [2.24, 2.45) is 0 Å². The molecular weight excluding hydrogens is 212 g/mol. The Labute approximate surface area is 103 Å². The van der Waals surface area contributed by atoms with E-state index in [1.807, 2.05) is 13.1 Å². The SMILES string of the molecule is CCNC1CCC(O)(c2cncc(C)c2)CC1. The van der Waals surface area contributed by atoms with Crippen molar-refractivity contribution in [3.8, 4) is 0 Å². The van der Waals surface area contributed by atoms with E-state index in [9.17, 15) is 5.11 Å². The molecule has 0 atom stereocenters. The molecule has 0 saturated heterocycles. The summed E-state index contributed by atoms with van der Waals surface area (Å²) in [6.07, 6.45) is 7.37. The van der Waals surface area contributed by atoms with E-state index in [4.69, 9.17) is 0 Å². The molecular formula is C14H22N2O. The van der Waals surface area contributed by atoms with Gasteiger partial charge in [0.15, 0.2) is 0 Å². The zero-order valence-corrected chi connectivity index (χ0v) is 10.7. The molecule has 1 saturated carbocycles. The summed E-state index contributed by atoms with van der Waals surface area (Å²) in [6, 6.07) is 2.62. The van der Waals surface area contributed by atoms with Crippen LogP contribution in [0.5, 0.6) is 0 Å². The van der Waals surface area contributed by atoms with E-state index in [0.29, 0.717) is 6.04 Å². The van der Waals surface area contributed by atoms with Crippen LogP contribution in [0, 0.1) is 6.92 Å². The van der Waals surface area contributed by atoms with Crippen LogP contribution in [0.2, 0.25) is 0 Å². The van der Waals surface area contributed by atoms with Crippen molar-refractivity contribution in [2.45, 2.75) is 51.2 Å². The maximum Gasteiger partial charge on any atom is 0.0912 e. The predicted molar refractivity (Wildman–Crippen MR) is 68.8 cm³/mol. The molecule has 0 spiro atoms. The minimum atomic E-state index is -0.662. The van der Waals surface area contributed by atoms with E-state index in [-0.39, 0.29) is 0 Å². The third-order valence-electron chi connectivity index (χ3n) is 3.72. The molecule has 1 aliphatic carbocycles. The van der Waals surface area contributed by atoms with E-state index in [2.05, 4.69) is 23.3 Å². The van der Waals surface area contributed by atoms with E-state index < -0.39 is 5.60 Å². The Balaban J connectivity index is 2.06. The Bertz CT molecular complexity index is 370. The topological polar surface area (TPSA) is 45.1 Å². The lowest BCUT2D eigenvalue weighted by atomic mass is 9.78. The van der Waals surface area contributed by atoms with Gasteiger partial charge in [-0.2, -0.15) is 0 Å². The van der Waals surface area contributed by atoms with Gasteiger partial charge in [-0.1, -0.05) is 13.0 Å². The first kappa shape index (κ1) is 12.5. The monoisotopic (exact) mass is 234 g/mol. The maximum atomic E-state index is 10.7. The molecule has 1 fully saturated rings. The van der Waals surface area contributed by atoms with Crippen LogP contribution in [0.3, 0.4) is 0 Å². The third kappa shape index (κ3) is 2.85. The number of hydrogen-bond donors (Lipinski definition) is 2. The summed E-state index contributed by atoms with van der Waals surface area (Å²) in [5, 5.41) is 14.1. The summed E-state index contributed by atoms with van der Waals surface area (Å²) in [6.45, 7) is 5.16.